The highest BCUT2D eigenvalue weighted by molar-refractivity contribution is 6.74. The minimum absolute atomic E-state index is 0.0782. The molecule has 0 heterocycles. The Morgan fingerprint density at radius 1 is 1.41 bits per heavy atom. The van der Waals surface area contributed by atoms with Crippen LogP contribution in [0.25, 0.3) is 0 Å². The number of carboxylic acid groups (broad SMARTS) is 1. The largest absolute Gasteiger partial charge is 0.465 e. The Morgan fingerprint density at radius 3 is 2.18 bits per heavy atom. The van der Waals surface area contributed by atoms with E-state index < -0.39 is 20.5 Å². The maximum atomic E-state index is 10.8. The third-order valence-corrected chi connectivity index (χ3v) is 8.00. The molecule has 0 unspecified atom stereocenters. The Kier molecular flexibility index (Phi) is 5.63. The van der Waals surface area contributed by atoms with Crippen LogP contribution in [0.15, 0.2) is 0 Å². The van der Waals surface area contributed by atoms with Crippen molar-refractivity contribution in [1.82, 2.24) is 4.90 Å². The van der Waals surface area contributed by atoms with Crippen molar-refractivity contribution >= 4 is 14.4 Å². The quantitative estimate of drug-likeness (QED) is 0.744. The number of aliphatic hydroxyl groups is 1. The van der Waals surface area contributed by atoms with E-state index in [0.29, 0.717) is 0 Å². The van der Waals surface area contributed by atoms with Crippen molar-refractivity contribution in [2.24, 2.45) is 0 Å². The van der Waals surface area contributed by atoms with E-state index in [9.17, 15) is 9.90 Å². The lowest BCUT2D eigenvalue weighted by molar-refractivity contribution is 0.0837. The predicted molar refractivity (Wildman–Crippen MR) is 69.8 cm³/mol. The lowest BCUT2D eigenvalue weighted by Crippen LogP contribution is -2.47. The van der Waals surface area contributed by atoms with Crippen LogP contribution in [0.2, 0.25) is 18.1 Å². The molecule has 1 amide bonds. The zero-order valence-electron chi connectivity index (χ0n) is 11.6. The Hall–Kier alpha value is -0.593. The van der Waals surface area contributed by atoms with E-state index in [-0.39, 0.29) is 18.3 Å². The van der Waals surface area contributed by atoms with E-state index in [0.717, 1.165) is 4.90 Å². The topological polar surface area (TPSA) is 70.0 Å². The summed E-state index contributed by atoms with van der Waals surface area (Å²) in [7, 11) is -0.453. The van der Waals surface area contributed by atoms with Gasteiger partial charge in [0.2, 0.25) is 0 Å². The van der Waals surface area contributed by atoms with Crippen molar-refractivity contribution in [2.75, 3.05) is 20.3 Å². The standard InChI is InChI=1S/C11H25NO4Si/c1-11(2,3)17(5,6)16-8-9(7-13)12(4)10(14)15/h9,13H,7-8H2,1-6H3,(H,14,15)/t9-/m0/s1. The van der Waals surface area contributed by atoms with Crippen LogP contribution in [-0.2, 0) is 4.43 Å². The molecule has 0 aromatic heterocycles. The fourth-order valence-corrected chi connectivity index (χ4v) is 2.01. The second kappa shape index (κ2) is 5.84. The number of amides is 1. The van der Waals surface area contributed by atoms with Crippen LogP contribution in [0.4, 0.5) is 4.79 Å². The van der Waals surface area contributed by atoms with Crippen LogP contribution >= 0.6 is 0 Å². The number of likely N-dealkylation sites (N-methyl/N-ethyl adjacent to an activating group) is 1. The molecule has 0 fully saturated rings. The number of hydrogen-bond acceptors (Lipinski definition) is 3. The van der Waals surface area contributed by atoms with Gasteiger partial charge in [-0.3, -0.25) is 0 Å². The summed E-state index contributed by atoms with van der Waals surface area (Å²) in [6.45, 7) is 10.6. The van der Waals surface area contributed by atoms with Gasteiger partial charge < -0.3 is 19.5 Å². The van der Waals surface area contributed by atoms with E-state index in [1.54, 1.807) is 0 Å². The number of hydrogen-bond donors (Lipinski definition) is 2. The molecule has 0 aliphatic heterocycles. The van der Waals surface area contributed by atoms with Crippen LogP contribution in [0.3, 0.4) is 0 Å². The van der Waals surface area contributed by atoms with Crippen LogP contribution in [0.1, 0.15) is 20.8 Å². The SMILES string of the molecule is CN(C(=O)O)[C@@H](CO)CO[Si](C)(C)C(C)(C)C. The Balaban J connectivity index is 4.49. The van der Waals surface area contributed by atoms with Crippen LogP contribution in [0, 0.1) is 0 Å². The first-order chi connectivity index (χ1) is 7.53. The molecule has 0 radical (unpaired) electrons. The molecular weight excluding hydrogens is 238 g/mol. The number of rotatable bonds is 5. The maximum absolute atomic E-state index is 10.8. The van der Waals surface area contributed by atoms with Gasteiger partial charge in [0.05, 0.1) is 19.3 Å². The minimum atomic E-state index is -1.90. The van der Waals surface area contributed by atoms with Gasteiger partial charge in [-0.05, 0) is 18.1 Å². The summed E-state index contributed by atoms with van der Waals surface area (Å²) in [5, 5.41) is 18.1. The van der Waals surface area contributed by atoms with Crippen molar-refractivity contribution in [3.63, 3.8) is 0 Å². The summed E-state index contributed by atoms with van der Waals surface area (Å²) in [6.07, 6.45) is -1.05. The average molecular weight is 263 g/mol. The minimum Gasteiger partial charge on any atom is -0.465 e. The normalized spacial score (nSPS) is 14.5. The van der Waals surface area contributed by atoms with Gasteiger partial charge in [0.15, 0.2) is 8.32 Å². The fraction of sp³-hybridized carbons (Fsp3) is 0.909. The summed E-state index contributed by atoms with van der Waals surface area (Å²) >= 11 is 0. The van der Waals surface area contributed by atoms with Crippen LogP contribution < -0.4 is 0 Å². The fourth-order valence-electron chi connectivity index (χ4n) is 0.964. The van der Waals surface area contributed by atoms with Gasteiger partial charge in [-0.15, -0.1) is 0 Å². The molecule has 0 aliphatic rings. The zero-order chi connectivity index (χ0) is 13.9. The van der Waals surface area contributed by atoms with Gasteiger partial charge in [-0.1, -0.05) is 20.8 Å². The van der Waals surface area contributed by atoms with E-state index in [1.807, 2.05) is 0 Å². The molecule has 6 heteroatoms. The molecule has 2 N–H and O–H groups in total. The van der Waals surface area contributed by atoms with E-state index >= 15 is 0 Å². The molecule has 0 aromatic carbocycles. The third kappa shape index (κ3) is 4.65. The van der Waals surface area contributed by atoms with Crippen molar-refractivity contribution < 1.29 is 19.4 Å². The molecule has 1 atom stereocenters. The molecule has 0 rings (SSSR count). The van der Waals surface area contributed by atoms with E-state index in [1.165, 1.54) is 7.05 Å². The van der Waals surface area contributed by atoms with Crippen molar-refractivity contribution in [3.05, 3.63) is 0 Å². The summed E-state index contributed by atoms with van der Waals surface area (Å²) in [5.74, 6) is 0. The summed E-state index contributed by atoms with van der Waals surface area (Å²) in [6, 6.07) is -0.498. The van der Waals surface area contributed by atoms with Gasteiger partial charge in [0, 0.05) is 7.05 Å². The summed E-state index contributed by atoms with van der Waals surface area (Å²) < 4.78 is 5.89. The summed E-state index contributed by atoms with van der Waals surface area (Å²) in [4.78, 5) is 11.9. The van der Waals surface area contributed by atoms with Crippen molar-refractivity contribution in [3.8, 4) is 0 Å². The molecule has 102 valence electrons. The van der Waals surface area contributed by atoms with Gasteiger partial charge in [0.25, 0.3) is 0 Å². The number of nitrogens with zero attached hydrogens (tertiary/aromatic N) is 1. The Bertz CT molecular complexity index is 263. The molecule has 0 aliphatic carbocycles. The van der Waals surface area contributed by atoms with Gasteiger partial charge >= 0.3 is 6.09 Å². The lowest BCUT2D eigenvalue weighted by atomic mass is 10.2. The van der Waals surface area contributed by atoms with Gasteiger partial charge in [0.1, 0.15) is 0 Å². The number of carbonyl (C=O) groups is 1. The van der Waals surface area contributed by atoms with Gasteiger partial charge in [-0.25, -0.2) is 4.79 Å². The average Bonchev–Trinajstić information content (AvgIpc) is 2.16. The Labute approximate surface area is 105 Å². The monoisotopic (exact) mass is 263 g/mol. The molecule has 0 saturated heterocycles. The predicted octanol–water partition coefficient (Wildman–Crippen LogP) is 1.98. The first kappa shape index (κ1) is 16.4. The van der Waals surface area contributed by atoms with Crippen LogP contribution in [0.5, 0.6) is 0 Å². The smallest absolute Gasteiger partial charge is 0.407 e. The van der Waals surface area contributed by atoms with E-state index in [4.69, 9.17) is 9.53 Å². The molecule has 0 spiro atoms. The van der Waals surface area contributed by atoms with Gasteiger partial charge in [-0.2, -0.15) is 0 Å². The summed E-state index contributed by atoms with van der Waals surface area (Å²) in [5.41, 5.74) is 0. The number of aliphatic hydroxyl groups excluding tert-OH is 1. The highest BCUT2D eigenvalue weighted by atomic mass is 28.4. The van der Waals surface area contributed by atoms with Crippen LogP contribution in [-0.4, -0.2) is 55.8 Å². The second-order valence-corrected chi connectivity index (χ2v) is 10.6. The highest BCUT2D eigenvalue weighted by Gasteiger charge is 2.38. The third-order valence-electron chi connectivity index (χ3n) is 3.50. The first-order valence-corrected chi connectivity index (χ1v) is 8.64. The molecule has 0 saturated carbocycles. The highest BCUT2D eigenvalue weighted by Crippen LogP contribution is 2.36. The van der Waals surface area contributed by atoms with Crippen molar-refractivity contribution in [1.29, 1.82) is 0 Å². The lowest BCUT2D eigenvalue weighted by Gasteiger charge is -2.38. The second-order valence-electron chi connectivity index (χ2n) is 5.80. The Morgan fingerprint density at radius 2 is 1.88 bits per heavy atom. The molecular formula is C11H25NO4Si. The van der Waals surface area contributed by atoms with E-state index in [2.05, 4.69) is 33.9 Å². The molecule has 17 heavy (non-hydrogen) atoms. The zero-order valence-corrected chi connectivity index (χ0v) is 12.6. The molecule has 5 nitrogen and oxygen atoms in total. The molecule has 0 aromatic rings. The van der Waals surface area contributed by atoms with Crippen molar-refractivity contribution in [2.45, 2.75) is 44.9 Å². The first-order valence-electron chi connectivity index (χ1n) is 5.73. The maximum Gasteiger partial charge on any atom is 0.407 e. The molecule has 0 bridgehead atoms.